The molecule has 0 aliphatic heterocycles. The fraction of sp³-hybridized carbons (Fsp3) is 0.286. The molecular weight excluding hydrogens is 332 g/mol. The lowest BCUT2D eigenvalue weighted by molar-refractivity contribution is -0.128. The molecular formula is C21H22O5. The van der Waals surface area contributed by atoms with E-state index >= 15 is 0 Å². The molecule has 0 radical (unpaired) electrons. The first-order valence-corrected chi connectivity index (χ1v) is 8.20. The monoisotopic (exact) mass is 354 g/mol. The number of Topliss-reactive ketones (excluding diaryl/α,β-unsaturated/α-hetero) is 1. The zero-order chi connectivity index (χ0) is 19.7. The van der Waals surface area contributed by atoms with E-state index in [-0.39, 0.29) is 16.9 Å². The highest BCUT2D eigenvalue weighted by molar-refractivity contribution is 5.98. The van der Waals surface area contributed by atoms with Crippen LogP contribution < -0.4 is 0 Å². The van der Waals surface area contributed by atoms with Crippen LogP contribution in [-0.4, -0.2) is 27.9 Å². The average molecular weight is 354 g/mol. The van der Waals surface area contributed by atoms with Crippen molar-refractivity contribution in [1.29, 1.82) is 0 Å². The minimum Gasteiger partial charge on any atom is -0.478 e. The van der Waals surface area contributed by atoms with Gasteiger partial charge < -0.3 is 10.2 Å². The number of benzene rings is 2. The Kier molecular flexibility index (Phi) is 5.03. The molecule has 0 saturated carbocycles. The Hall–Kier alpha value is -2.95. The summed E-state index contributed by atoms with van der Waals surface area (Å²) < 4.78 is 0. The lowest BCUT2D eigenvalue weighted by Crippen LogP contribution is -2.42. The first kappa shape index (κ1) is 19.4. The summed E-state index contributed by atoms with van der Waals surface area (Å²) in [7, 11) is 0. The summed E-state index contributed by atoms with van der Waals surface area (Å²) in [5.41, 5.74) is 0.101. The van der Waals surface area contributed by atoms with Crippen molar-refractivity contribution in [2.24, 2.45) is 0 Å². The Bertz CT molecular complexity index is 771. The van der Waals surface area contributed by atoms with Gasteiger partial charge in [0, 0.05) is 10.8 Å². The molecule has 2 N–H and O–H groups in total. The fourth-order valence-electron chi connectivity index (χ4n) is 3.10. The summed E-state index contributed by atoms with van der Waals surface area (Å²) in [4.78, 5) is 35.3. The van der Waals surface area contributed by atoms with E-state index in [1.54, 1.807) is 52.0 Å². The summed E-state index contributed by atoms with van der Waals surface area (Å²) in [6.45, 7) is 7.22. The predicted molar refractivity (Wildman–Crippen MR) is 97.9 cm³/mol. The Morgan fingerprint density at radius 1 is 0.615 bits per heavy atom. The van der Waals surface area contributed by atoms with E-state index < -0.39 is 22.8 Å². The molecule has 2 aromatic rings. The number of carboxylic acids is 2. The first-order chi connectivity index (χ1) is 12.0. The summed E-state index contributed by atoms with van der Waals surface area (Å²) in [6.07, 6.45) is 0. The third-order valence-electron chi connectivity index (χ3n) is 4.84. The van der Waals surface area contributed by atoms with Crippen LogP contribution in [0.15, 0.2) is 48.5 Å². The second-order valence-corrected chi connectivity index (χ2v) is 7.34. The minimum atomic E-state index is -1.01. The number of carbonyl (C=O) groups is 3. The zero-order valence-electron chi connectivity index (χ0n) is 15.2. The van der Waals surface area contributed by atoms with Gasteiger partial charge in [0.05, 0.1) is 11.1 Å². The van der Waals surface area contributed by atoms with Crippen molar-refractivity contribution < 1.29 is 24.6 Å². The first-order valence-electron chi connectivity index (χ1n) is 8.20. The van der Waals surface area contributed by atoms with Crippen LogP contribution in [0.5, 0.6) is 0 Å². The Morgan fingerprint density at radius 3 is 1.12 bits per heavy atom. The van der Waals surface area contributed by atoms with Gasteiger partial charge in [0.1, 0.15) is 0 Å². The average Bonchev–Trinajstić information content (AvgIpc) is 2.61. The quantitative estimate of drug-likeness (QED) is 0.821. The summed E-state index contributed by atoms with van der Waals surface area (Å²) in [5, 5.41) is 18.0. The lowest BCUT2D eigenvalue weighted by Gasteiger charge is -2.34. The van der Waals surface area contributed by atoms with Crippen LogP contribution >= 0.6 is 0 Å². The molecule has 0 amide bonds. The zero-order valence-corrected chi connectivity index (χ0v) is 15.2. The number of rotatable bonds is 6. The smallest absolute Gasteiger partial charge is 0.335 e. The summed E-state index contributed by atoms with van der Waals surface area (Å²) >= 11 is 0. The van der Waals surface area contributed by atoms with Crippen LogP contribution in [0.4, 0.5) is 0 Å². The van der Waals surface area contributed by atoms with E-state index in [1.165, 1.54) is 24.3 Å². The second-order valence-electron chi connectivity index (χ2n) is 7.34. The SMILES string of the molecule is CC(C)(C(=O)C(C)(C)c1ccc(C(=O)O)cc1)c1ccc(C(=O)O)cc1. The van der Waals surface area contributed by atoms with Gasteiger partial charge in [-0.2, -0.15) is 0 Å². The maximum absolute atomic E-state index is 13.3. The van der Waals surface area contributed by atoms with Gasteiger partial charge in [-0.05, 0) is 63.1 Å². The molecule has 5 heteroatoms. The molecule has 0 heterocycles. The number of ketones is 1. The van der Waals surface area contributed by atoms with E-state index in [0.29, 0.717) is 0 Å². The van der Waals surface area contributed by atoms with Crippen molar-refractivity contribution in [3.63, 3.8) is 0 Å². The van der Waals surface area contributed by atoms with Crippen LogP contribution in [0.3, 0.4) is 0 Å². The van der Waals surface area contributed by atoms with Gasteiger partial charge in [-0.15, -0.1) is 0 Å². The van der Waals surface area contributed by atoms with Gasteiger partial charge in [0.15, 0.2) is 5.78 Å². The van der Waals surface area contributed by atoms with Crippen molar-refractivity contribution in [2.75, 3.05) is 0 Å². The maximum atomic E-state index is 13.3. The van der Waals surface area contributed by atoms with Gasteiger partial charge in [0.2, 0.25) is 0 Å². The molecule has 0 fully saturated rings. The van der Waals surface area contributed by atoms with Crippen molar-refractivity contribution in [1.82, 2.24) is 0 Å². The largest absolute Gasteiger partial charge is 0.478 e. The molecule has 2 rings (SSSR count). The molecule has 0 aliphatic carbocycles. The highest BCUT2D eigenvalue weighted by atomic mass is 16.4. The number of hydrogen-bond donors (Lipinski definition) is 2. The van der Waals surface area contributed by atoms with Crippen LogP contribution in [0.25, 0.3) is 0 Å². The van der Waals surface area contributed by atoms with Gasteiger partial charge in [0.25, 0.3) is 0 Å². The van der Waals surface area contributed by atoms with Crippen molar-refractivity contribution in [2.45, 2.75) is 38.5 Å². The van der Waals surface area contributed by atoms with Gasteiger partial charge in [-0.25, -0.2) is 9.59 Å². The standard InChI is InChI=1S/C21H22O5/c1-20(2,15-9-5-13(6-10-15)17(22)23)19(26)21(3,4)16-11-7-14(8-12-16)18(24)25/h5-12H,1-4H3,(H,22,23)(H,24,25). The number of carbonyl (C=O) groups excluding carboxylic acids is 1. The maximum Gasteiger partial charge on any atom is 0.335 e. The molecule has 0 saturated heterocycles. The highest BCUT2D eigenvalue weighted by Gasteiger charge is 2.41. The number of carboxylic acid groups (broad SMARTS) is 2. The molecule has 136 valence electrons. The lowest BCUT2D eigenvalue weighted by atomic mass is 9.67. The van der Waals surface area contributed by atoms with E-state index in [0.717, 1.165) is 11.1 Å². The van der Waals surface area contributed by atoms with E-state index in [4.69, 9.17) is 10.2 Å². The van der Waals surface area contributed by atoms with Crippen molar-refractivity contribution in [3.8, 4) is 0 Å². The third kappa shape index (κ3) is 3.52. The molecule has 5 nitrogen and oxygen atoms in total. The van der Waals surface area contributed by atoms with Crippen LogP contribution in [0.2, 0.25) is 0 Å². The number of hydrogen-bond acceptors (Lipinski definition) is 3. The predicted octanol–water partition coefficient (Wildman–Crippen LogP) is 3.91. The number of aromatic carboxylic acids is 2. The molecule has 0 aromatic heterocycles. The van der Waals surface area contributed by atoms with Gasteiger partial charge >= 0.3 is 11.9 Å². The molecule has 26 heavy (non-hydrogen) atoms. The van der Waals surface area contributed by atoms with Crippen LogP contribution in [0, 0.1) is 0 Å². The van der Waals surface area contributed by atoms with Crippen molar-refractivity contribution in [3.05, 3.63) is 70.8 Å². The van der Waals surface area contributed by atoms with Gasteiger partial charge in [-0.1, -0.05) is 24.3 Å². The van der Waals surface area contributed by atoms with Crippen LogP contribution in [-0.2, 0) is 15.6 Å². The third-order valence-corrected chi connectivity index (χ3v) is 4.84. The second kappa shape index (κ2) is 6.75. The molecule has 0 bridgehead atoms. The minimum absolute atomic E-state index is 0.0452. The highest BCUT2D eigenvalue weighted by Crippen LogP contribution is 2.35. The normalized spacial score (nSPS) is 11.8. The van der Waals surface area contributed by atoms with Gasteiger partial charge in [-0.3, -0.25) is 4.79 Å². The molecule has 0 spiro atoms. The van der Waals surface area contributed by atoms with Crippen LogP contribution in [0.1, 0.15) is 59.5 Å². The molecule has 0 unspecified atom stereocenters. The summed E-state index contributed by atoms with van der Waals surface area (Å²) in [5.74, 6) is -2.07. The van der Waals surface area contributed by atoms with E-state index in [9.17, 15) is 14.4 Å². The Labute approximate surface area is 152 Å². The fourth-order valence-corrected chi connectivity index (χ4v) is 3.10. The molecule has 0 aliphatic rings. The van der Waals surface area contributed by atoms with E-state index in [1.807, 2.05) is 0 Å². The molecule has 2 aromatic carbocycles. The van der Waals surface area contributed by atoms with E-state index in [2.05, 4.69) is 0 Å². The Morgan fingerprint density at radius 2 is 0.885 bits per heavy atom. The van der Waals surface area contributed by atoms with Crippen molar-refractivity contribution >= 4 is 17.7 Å². The summed E-state index contributed by atoms with van der Waals surface area (Å²) in [6, 6.07) is 12.6. The molecule has 0 atom stereocenters. The topological polar surface area (TPSA) is 91.7 Å². The Balaban J connectivity index is 2.37.